The molecule has 0 saturated carbocycles. The summed E-state index contributed by atoms with van der Waals surface area (Å²) in [4.78, 5) is 8.93. The predicted molar refractivity (Wildman–Crippen MR) is 151 cm³/mol. The molecule has 0 atom stereocenters. The number of hydrogen-bond acceptors (Lipinski definition) is 2. The van der Waals surface area contributed by atoms with Crippen molar-refractivity contribution in [3.05, 3.63) is 108 Å². The van der Waals surface area contributed by atoms with Crippen LogP contribution in [0.5, 0.6) is 0 Å². The standard InChI is InChI=1S/C22H19N2.C11H8N.Ir/c1-12(2)24-18-10-13(3)8-16-15-6-5-7-23-22(15)17-9-14(4)11-19(24)21(17)20(16)18;1-2-6-10(7-3-1)11-8-4-5-9-12-11;/h5-8,10-12H,1-4H3;1-6,8-9H;/q2*-1;. The molecule has 0 spiro atoms. The predicted octanol–water partition coefficient (Wildman–Crippen LogP) is 8.48. The van der Waals surface area contributed by atoms with Crippen molar-refractivity contribution >= 4 is 43.5 Å². The molecule has 0 amide bonds. The second kappa shape index (κ2) is 10.0. The third kappa shape index (κ3) is 4.31. The molecule has 0 N–H and O–H groups in total. The SMILES string of the molecule is Cc1[c-]c2c3ncccc3c3cc(C)cc4c3c2c(c1)n4C(C)C.[Ir].[c-]1ccccc1-c1ccccn1. The first kappa shape index (κ1) is 25.1. The van der Waals surface area contributed by atoms with Crippen molar-refractivity contribution in [2.45, 2.75) is 33.7 Å². The van der Waals surface area contributed by atoms with E-state index in [4.69, 9.17) is 4.98 Å². The van der Waals surface area contributed by atoms with Crippen LogP contribution in [0.1, 0.15) is 31.0 Å². The summed E-state index contributed by atoms with van der Waals surface area (Å²) in [5, 5.41) is 6.36. The second-order valence-corrected chi connectivity index (χ2v) is 9.65. The number of aryl methyl sites for hydroxylation is 2. The fraction of sp³-hybridized carbons (Fsp3) is 0.152. The first-order chi connectivity index (χ1) is 17.5. The molecule has 3 aromatic heterocycles. The molecule has 1 radical (unpaired) electrons. The summed E-state index contributed by atoms with van der Waals surface area (Å²) in [5.74, 6) is 0. The third-order valence-corrected chi connectivity index (χ3v) is 6.71. The van der Waals surface area contributed by atoms with Gasteiger partial charge in [-0.25, -0.2) is 0 Å². The van der Waals surface area contributed by atoms with Crippen LogP contribution in [0.15, 0.2) is 85.2 Å². The summed E-state index contributed by atoms with van der Waals surface area (Å²) in [5.41, 5.74) is 8.16. The quantitative estimate of drug-likeness (QED) is 0.138. The second-order valence-electron chi connectivity index (χ2n) is 9.65. The molecule has 0 unspecified atom stereocenters. The molecule has 185 valence electrons. The van der Waals surface area contributed by atoms with Gasteiger partial charge < -0.3 is 14.5 Å². The number of aromatic nitrogens is 3. The first-order valence-corrected chi connectivity index (χ1v) is 12.4. The number of rotatable bonds is 2. The Morgan fingerprint density at radius 3 is 2.30 bits per heavy atom. The van der Waals surface area contributed by atoms with Crippen LogP contribution in [0, 0.1) is 26.0 Å². The zero-order valence-electron chi connectivity index (χ0n) is 21.3. The van der Waals surface area contributed by atoms with Gasteiger partial charge in [-0.2, -0.15) is 0 Å². The Hall–Kier alpha value is -3.59. The Bertz CT molecular complexity index is 1690. The van der Waals surface area contributed by atoms with Crippen LogP contribution in [0.4, 0.5) is 0 Å². The molecule has 4 heteroatoms. The molecule has 3 heterocycles. The molecule has 0 bridgehead atoms. The smallest absolute Gasteiger partial charge is 0.0394 e. The van der Waals surface area contributed by atoms with E-state index in [-0.39, 0.29) is 20.1 Å². The number of pyridine rings is 2. The van der Waals surface area contributed by atoms with Crippen molar-refractivity contribution in [1.29, 1.82) is 0 Å². The van der Waals surface area contributed by atoms with E-state index in [0.717, 1.165) is 22.2 Å². The fourth-order valence-corrected chi connectivity index (χ4v) is 5.34. The van der Waals surface area contributed by atoms with Gasteiger partial charge >= 0.3 is 0 Å². The van der Waals surface area contributed by atoms with Crippen molar-refractivity contribution in [1.82, 2.24) is 14.5 Å². The van der Waals surface area contributed by atoms with Crippen molar-refractivity contribution in [3.8, 4) is 11.3 Å². The molecule has 0 fully saturated rings. The number of fused-ring (bicyclic) bond motifs is 3. The van der Waals surface area contributed by atoms with E-state index in [0.29, 0.717) is 6.04 Å². The van der Waals surface area contributed by atoms with E-state index in [1.54, 1.807) is 6.20 Å². The van der Waals surface area contributed by atoms with Gasteiger partial charge in [0.15, 0.2) is 0 Å². The van der Waals surface area contributed by atoms with Crippen molar-refractivity contribution in [2.24, 2.45) is 0 Å². The molecule has 7 aromatic rings. The van der Waals surface area contributed by atoms with Crippen LogP contribution >= 0.6 is 0 Å². The number of nitrogens with zero attached hydrogens (tertiary/aromatic N) is 3. The van der Waals surface area contributed by atoms with Crippen LogP contribution in [-0.2, 0) is 20.1 Å². The van der Waals surface area contributed by atoms with Gasteiger partial charge in [0.1, 0.15) is 0 Å². The van der Waals surface area contributed by atoms with E-state index < -0.39 is 0 Å². The van der Waals surface area contributed by atoms with Crippen LogP contribution in [0.3, 0.4) is 0 Å². The van der Waals surface area contributed by atoms with E-state index in [2.05, 4.69) is 73.6 Å². The van der Waals surface area contributed by atoms with Gasteiger partial charge in [0.25, 0.3) is 0 Å². The molecule has 4 aromatic carbocycles. The van der Waals surface area contributed by atoms with Gasteiger partial charge in [0.2, 0.25) is 0 Å². The molecule has 0 aliphatic rings. The molecule has 3 nitrogen and oxygen atoms in total. The third-order valence-electron chi connectivity index (χ3n) is 6.71. The molecule has 0 aliphatic carbocycles. The Balaban J connectivity index is 0.000000183. The maximum atomic E-state index is 4.71. The van der Waals surface area contributed by atoms with Gasteiger partial charge in [0.05, 0.1) is 0 Å². The maximum Gasteiger partial charge on any atom is 0.0394 e. The molecule has 37 heavy (non-hydrogen) atoms. The van der Waals surface area contributed by atoms with Crippen molar-refractivity contribution in [3.63, 3.8) is 0 Å². The van der Waals surface area contributed by atoms with Gasteiger partial charge in [-0.05, 0) is 77.4 Å². The molecular weight excluding hydrogens is 631 g/mol. The Morgan fingerprint density at radius 1 is 0.784 bits per heavy atom. The van der Waals surface area contributed by atoms with Gasteiger partial charge in [-0.3, -0.25) is 0 Å². The fourth-order valence-electron chi connectivity index (χ4n) is 5.34. The zero-order valence-corrected chi connectivity index (χ0v) is 23.7. The maximum absolute atomic E-state index is 4.71. The Labute approximate surface area is 230 Å². The summed E-state index contributed by atoms with van der Waals surface area (Å²) in [7, 11) is 0. The minimum Gasteiger partial charge on any atom is -0.356 e. The average molecular weight is 658 g/mol. The Morgan fingerprint density at radius 2 is 1.57 bits per heavy atom. The van der Waals surface area contributed by atoms with Gasteiger partial charge in [-0.15, -0.1) is 59.0 Å². The van der Waals surface area contributed by atoms with Gasteiger partial charge in [0, 0.05) is 44.1 Å². The summed E-state index contributed by atoms with van der Waals surface area (Å²) in [6.07, 6.45) is 3.68. The number of hydrogen-bond donors (Lipinski definition) is 0. The zero-order chi connectivity index (χ0) is 24.8. The molecule has 0 aliphatic heterocycles. The van der Waals surface area contributed by atoms with Crippen molar-refractivity contribution in [2.75, 3.05) is 0 Å². The van der Waals surface area contributed by atoms with E-state index in [1.165, 1.54) is 43.7 Å². The molecule has 0 saturated heterocycles. The van der Waals surface area contributed by atoms with Gasteiger partial charge in [-0.1, -0.05) is 36.6 Å². The normalized spacial score (nSPS) is 11.3. The summed E-state index contributed by atoms with van der Waals surface area (Å²) >= 11 is 0. The number of benzene rings is 4. The van der Waals surface area contributed by atoms with E-state index in [9.17, 15) is 0 Å². The van der Waals surface area contributed by atoms with Crippen LogP contribution in [0.25, 0.3) is 54.7 Å². The molecule has 7 rings (SSSR count). The largest absolute Gasteiger partial charge is 0.356 e. The average Bonchev–Trinajstić information content (AvgIpc) is 3.23. The van der Waals surface area contributed by atoms with Crippen LogP contribution in [0.2, 0.25) is 0 Å². The van der Waals surface area contributed by atoms with Crippen LogP contribution in [-0.4, -0.2) is 14.5 Å². The first-order valence-electron chi connectivity index (χ1n) is 12.4. The monoisotopic (exact) mass is 658 g/mol. The topological polar surface area (TPSA) is 30.7 Å². The van der Waals surface area contributed by atoms with E-state index >= 15 is 0 Å². The summed E-state index contributed by atoms with van der Waals surface area (Å²) < 4.78 is 2.47. The minimum atomic E-state index is 0. The summed E-state index contributed by atoms with van der Waals surface area (Å²) in [6, 6.07) is 31.9. The summed E-state index contributed by atoms with van der Waals surface area (Å²) in [6.45, 7) is 8.83. The van der Waals surface area contributed by atoms with Crippen LogP contribution < -0.4 is 0 Å². The Kier molecular flexibility index (Phi) is 6.81. The van der Waals surface area contributed by atoms with E-state index in [1.807, 2.05) is 54.7 Å². The minimum absolute atomic E-state index is 0. The molecular formula is C33H27IrN3-2. The van der Waals surface area contributed by atoms with Crippen molar-refractivity contribution < 1.29 is 20.1 Å².